The molecule has 0 spiro atoms. The van der Waals surface area contributed by atoms with Gasteiger partial charge in [-0.25, -0.2) is 0 Å². The standard InChI is InChI=1S/C10H5N5/c1-8(3-11)2-9(4-12,5-13)10(8,6-14)7-15/h2H2,1H3. The molecule has 0 radical (unpaired) electrons. The summed E-state index contributed by atoms with van der Waals surface area (Å²) in [5, 5.41) is 44.6. The fourth-order valence-electron chi connectivity index (χ4n) is 2.02. The summed E-state index contributed by atoms with van der Waals surface area (Å²) in [6.07, 6.45) is -0.0649. The van der Waals surface area contributed by atoms with E-state index < -0.39 is 16.2 Å². The van der Waals surface area contributed by atoms with Crippen molar-refractivity contribution in [3.05, 3.63) is 0 Å². The minimum atomic E-state index is -1.85. The number of nitriles is 5. The van der Waals surface area contributed by atoms with Gasteiger partial charge in [-0.05, 0) is 6.92 Å². The molecule has 0 heterocycles. The Labute approximate surface area is 87.0 Å². The van der Waals surface area contributed by atoms with E-state index in [9.17, 15) is 0 Å². The molecule has 70 valence electrons. The van der Waals surface area contributed by atoms with Crippen molar-refractivity contribution in [3.63, 3.8) is 0 Å². The normalized spacial score (nSPS) is 29.1. The first-order valence-electron chi connectivity index (χ1n) is 4.08. The molecular weight excluding hydrogens is 190 g/mol. The predicted molar refractivity (Wildman–Crippen MR) is 45.7 cm³/mol. The second-order valence-electron chi connectivity index (χ2n) is 3.72. The Morgan fingerprint density at radius 2 is 1.27 bits per heavy atom. The highest BCUT2D eigenvalue weighted by molar-refractivity contribution is 5.48. The lowest BCUT2D eigenvalue weighted by molar-refractivity contribution is -0.0128. The molecule has 15 heavy (non-hydrogen) atoms. The Bertz CT molecular complexity index is 484. The van der Waals surface area contributed by atoms with Gasteiger partial charge in [0.05, 0.1) is 35.8 Å². The Kier molecular flexibility index (Phi) is 1.91. The van der Waals surface area contributed by atoms with E-state index in [-0.39, 0.29) is 6.42 Å². The third kappa shape index (κ3) is 0.770. The van der Waals surface area contributed by atoms with Crippen LogP contribution in [0, 0.1) is 72.9 Å². The van der Waals surface area contributed by atoms with Gasteiger partial charge in [-0.1, -0.05) is 0 Å². The van der Waals surface area contributed by atoms with Crippen LogP contribution < -0.4 is 0 Å². The molecule has 1 aliphatic rings. The molecule has 1 rings (SSSR count). The maximum absolute atomic E-state index is 8.98. The SMILES string of the molecule is CC1(C#N)CC(C#N)(C#N)C1(C#N)C#N. The molecule has 1 fully saturated rings. The minimum Gasteiger partial charge on any atom is -0.198 e. The highest BCUT2D eigenvalue weighted by Gasteiger charge is 2.76. The summed E-state index contributed by atoms with van der Waals surface area (Å²) in [6, 6.07) is 8.57. The van der Waals surface area contributed by atoms with E-state index in [0.29, 0.717) is 0 Å². The van der Waals surface area contributed by atoms with Gasteiger partial charge >= 0.3 is 0 Å². The van der Waals surface area contributed by atoms with Crippen LogP contribution in [0.15, 0.2) is 0 Å². The fraction of sp³-hybridized carbons (Fsp3) is 0.500. The summed E-state index contributed by atoms with van der Waals surface area (Å²) in [6.45, 7) is 1.42. The first kappa shape index (κ1) is 10.5. The van der Waals surface area contributed by atoms with Crippen LogP contribution in [-0.4, -0.2) is 0 Å². The molecule has 0 aromatic heterocycles. The van der Waals surface area contributed by atoms with E-state index in [1.807, 2.05) is 6.07 Å². The van der Waals surface area contributed by atoms with E-state index >= 15 is 0 Å². The molecule has 1 unspecified atom stereocenters. The molecule has 1 aliphatic carbocycles. The maximum Gasteiger partial charge on any atom is 0.193 e. The van der Waals surface area contributed by atoms with Crippen LogP contribution >= 0.6 is 0 Å². The lowest BCUT2D eigenvalue weighted by Crippen LogP contribution is -2.61. The van der Waals surface area contributed by atoms with Crippen LogP contribution in [0.2, 0.25) is 0 Å². The van der Waals surface area contributed by atoms with Gasteiger partial charge in [0.25, 0.3) is 0 Å². The first-order valence-corrected chi connectivity index (χ1v) is 4.08. The van der Waals surface area contributed by atoms with Gasteiger partial charge in [0.2, 0.25) is 0 Å². The summed E-state index contributed by atoms with van der Waals surface area (Å²) >= 11 is 0. The highest BCUT2D eigenvalue weighted by Crippen LogP contribution is 2.66. The van der Waals surface area contributed by atoms with Crippen LogP contribution in [0.5, 0.6) is 0 Å². The van der Waals surface area contributed by atoms with Crippen molar-refractivity contribution in [2.24, 2.45) is 16.2 Å². The molecule has 0 amide bonds. The Morgan fingerprint density at radius 1 is 0.800 bits per heavy atom. The quantitative estimate of drug-likeness (QED) is 0.570. The smallest absolute Gasteiger partial charge is 0.193 e. The van der Waals surface area contributed by atoms with Gasteiger partial charge < -0.3 is 0 Å². The van der Waals surface area contributed by atoms with E-state index in [1.165, 1.54) is 6.92 Å². The minimum absolute atomic E-state index is 0.0649. The van der Waals surface area contributed by atoms with Crippen molar-refractivity contribution in [3.8, 4) is 30.3 Å². The van der Waals surface area contributed by atoms with Gasteiger partial charge in [0, 0.05) is 6.42 Å². The molecule has 0 N–H and O–H groups in total. The zero-order valence-electron chi connectivity index (χ0n) is 7.94. The first-order chi connectivity index (χ1) is 7.01. The van der Waals surface area contributed by atoms with E-state index in [1.54, 1.807) is 24.3 Å². The summed E-state index contributed by atoms with van der Waals surface area (Å²) < 4.78 is 0. The predicted octanol–water partition coefficient (Wildman–Crippen LogP) is 0.987. The lowest BCUT2D eigenvalue weighted by Gasteiger charge is -2.52. The van der Waals surface area contributed by atoms with Gasteiger partial charge in [-0.15, -0.1) is 0 Å². The van der Waals surface area contributed by atoms with E-state index in [4.69, 9.17) is 26.3 Å². The van der Waals surface area contributed by atoms with Crippen LogP contribution in [0.3, 0.4) is 0 Å². The van der Waals surface area contributed by atoms with Crippen LogP contribution in [0.4, 0.5) is 0 Å². The molecule has 0 aromatic rings. The number of nitrogens with zero attached hydrogens (tertiary/aromatic N) is 5. The van der Waals surface area contributed by atoms with E-state index in [0.717, 1.165) is 0 Å². The molecule has 1 atom stereocenters. The zero-order valence-corrected chi connectivity index (χ0v) is 7.94. The lowest BCUT2D eigenvalue weighted by atomic mass is 9.39. The molecule has 0 saturated heterocycles. The largest absolute Gasteiger partial charge is 0.198 e. The van der Waals surface area contributed by atoms with Gasteiger partial charge in [-0.2, -0.15) is 26.3 Å². The van der Waals surface area contributed by atoms with Gasteiger partial charge in [0.1, 0.15) is 0 Å². The molecule has 0 aromatic carbocycles. The summed E-state index contributed by atoms with van der Waals surface area (Å²) in [5.41, 5.74) is -4.78. The molecule has 5 nitrogen and oxygen atoms in total. The highest BCUT2D eigenvalue weighted by atomic mass is 14.7. The Balaban J connectivity index is 3.49. The average molecular weight is 195 g/mol. The second kappa shape index (κ2) is 2.72. The molecule has 5 heteroatoms. The maximum atomic E-state index is 8.98. The zero-order chi connectivity index (χ0) is 11.7. The van der Waals surface area contributed by atoms with Crippen molar-refractivity contribution in [1.29, 1.82) is 26.3 Å². The summed E-state index contributed by atoms with van der Waals surface area (Å²) in [5.74, 6) is 0. The number of hydrogen-bond acceptors (Lipinski definition) is 5. The van der Waals surface area contributed by atoms with Crippen LogP contribution in [0.1, 0.15) is 13.3 Å². The van der Waals surface area contributed by atoms with Crippen molar-refractivity contribution < 1.29 is 0 Å². The van der Waals surface area contributed by atoms with Crippen LogP contribution in [0.25, 0.3) is 0 Å². The molecular formula is C10H5N5. The molecule has 0 aliphatic heterocycles. The summed E-state index contributed by atoms with van der Waals surface area (Å²) in [4.78, 5) is 0. The third-order valence-electron chi connectivity index (χ3n) is 3.05. The third-order valence-corrected chi connectivity index (χ3v) is 3.05. The molecule has 0 bridgehead atoms. The number of hydrogen-bond donors (Lipinski definition) is 0. The Morgan fingerprint density at radius 3 is 1.53 bits per heavy atom. The van der Waals surface area contributed by atoms with Gasteiger partial charge in [0.15, 0.2) is 10.8 Å². The van der Waals surface area contributed by atoms with Gasteiger partial charge in [-0.3, -0.25) is 0 Å². The van der Waals surface area contributed by atoms with Crippen molar-refractivity contribution in [2.45, 2.75) is 13.3 Å². The fourth-order valence-corrected chi connectivity index (χ4v) is 2.02. The topological polar surface area (TPSA) is 119 Å². The van der Waals surface area contributed by atoms with Crippen molar-refractivity contribution >= 4 is 0 Å². The Hall–Kier alpha value is -2.55. The second-order valence-corrected chi connectivity index (χ2v) is 3.72. The summed E-state index contributed by atoms with van der Waals surface area (Å²) in [7, 11) is 0. The van der Waals surface area contributed by atoms with Crippen molar-refractivity contribution in [2.75, 3.05) is 0 Å². The number of rotatable bonds is 0. The van der Waals surface area contributed by atoms with E-state index in [2.05, 4.69) is 0 Å². The monoisotopic (exact) mass is 195 g/mol. The average Bonchev–Trinajstić information content (AvgIpc) is 2.27. The molecule has 1 saturated carbocycles. The van der Waals surface area contributed by atoms with Crippen molar-refractivity contribution in [1.82, 2.24) is 0 Å². The van der Waals surface area contributed by atoms with Crippen LogP contribution in [-0.2, 0) is 0 Å².